The van der Waals surface area contributed by atoms with Gasteiger partial charge < -0.3 is 4.90 Å². The molecule has 0 saturated heterocycles. The number of carbonyl (C=O) groups is 1. The maximum atomic E-state index is 10.5. The fourth-order valence-corrected chi connectivity index (χ4v) is 2.18. The Labute approximate surface area is 121 Å². The molecule has 4 nitrogen and oxygen atoms in total. The van der Waals surface area contributed by atoms with Crippen LogP contribution in [0, 0.1) is 5.41 Å². The molecule has 0 radical (unpaired) electrons. The van der Waals surface area contributed by atoms with Crippen LogP contribution in [0.1, 0.15) is 40.2 Å². The quantitative estimate of drug-likeness (QED) is 0.493. The number of benzene rings is 1. The Balaban J connectivity index is 3.08. The molecule has 0 unspecified atom stereocenters. The predicted molar refractivity (Wildman–Crippen MR) is 85.2 cm³/mol. The van der Waals surface area contributed by atoms with Crippen molar-refractivity contribution in [2.75, 3.05) is 18.0 Å². The Morgan fingerprint density at radius 3 is 2.15 bits per heavy atom. The van der Waals surface area contributed by atoms with Gasteiger partial charge in [-0.15, -0.1) is 0 Å². The third-order valence-corrected chi connectivity index (χ3v) is 3.21. The number of hydrazone groups is 1. The van der Waals surface area contributed by atoms with Gasteiger partial charge in [0.15, 0.2) is 0 Å². The Kier molecular flexibility index (Phi) is 5.74. The summed E-state index contributed by atoms with van der Waals surface area (Å²) in [5.74, 6) is 0. The Hall–Kier alpha value is -1.84. The Morgan fingerprint density at radius 1 is 1.20 bits per heavy atom. The standard InChI is InChI=1S/C16H25N3O/c1-6-19(7-2)14-10-8-13(9-11-14)15(16(3,4)5)18-17-12-20/h8-12H,6-7H2,1-5H3,(H,17,20)/b18-15-. The van der Waals surface area contributed by atoms with E-state index in [1.54, 1.807) is 0 Å². The zero-order chi connectivity index (χ0) is 15.2. The lowest BCUT2D eigenvalue weighted by Gasteiger charge is -2.24. The minimum Gasteiger partial charge on any atom is -0.372 e. The average molecular weight is 275 g/mol. The zero-order valence-electron chi connectivity index (χ0n) is 13.1. The molecule has 0 aromatic heterocycles. The van der Waals surface area contributed by atoms with Crippen molar-refractivity contribution in [2.45, 2.75) is 34.6 Å². The Morgan fingerprint density at radius 2 is 1.75 bits per heavy atom. The second kappa shape index (κ2) is 7.08. The van der Waals surface area contributed by atoms with Crippen LogP contribution in [0.15, 0.2) is 29.4 Å². The first-order valence-corrected chi connectivity index (χ1v) is 7.06. The van der Waals surface area contributed by atoms with Crippen molar-refractivity contribution in [2.24, 2.45) is 10.5 Å². The molecular formula is C16H25N3O. The van der Waals surface area contributed by atoms with Crippen LogP contribution >= 0.6 is 0 Å². The number of nitrogens with zero attached hydrogens (tertiary/aromatic N) is 2. The van der Waals surface area contributed by atoms with E-state index in [9.17, 15) is 4.79 Å². The van der Waals surface area contributed by atoms with Crippen LogP contribution in [0.4, 0.5) is 5.69 Å². The van der Waals surface area contributed by atoms with E-state index in [1.165, 1.54) is 5.69 Å². The van der Waals surface area contributed by atoms with Gasteiger partial charge in [0.05, 0.1) is 5.71 Å². The van der Waals surface area contributed by atoms with Gasteiger partial charge in [0, 0.05) is 24.2 Å². The van der Waals surface area contributed by atoms with Gasteiger partial charge in [-0.2, -0.15) is 5.10 Å². The van der Waals surface area contributed by atoms with Gasteiger partial charge in [-0.25, -0.2) is 5.43 Å². The normalized spacial score (nSPS) is 12.2. The molecule has 1 aromatic carbocycles. The van der Waals surface area contributed by atoms with Gasteiger partial charge in [-0.3, -0.25) is 4.79 Å². The summed E-state index contributed by atoms with van der Waals surface area (Å²) in [6.45, 7) is 12.5. The first kappa shape index (κ1) is 16.2. The molecule has 0 saturated carbocycles. The van der Waals surface area contributed by atoms with Gasteiger partial charge in [0.2, 0.25) is 6.41 Å². The summed E-state index contributed by atoms with van der Waals surface area (Å²) in [6.07, 6.45) is 0.593. The summed E-state index contributed by atoms with van der Waals surface area (Å²) in [6, 6.07) is 8.32. The predicted octanol–water partition coefficient (Wildman–Crippen LogP) is 3.03. The van der Waals surface area contributed by atoms with Crippen LogP contribution < -0.4 is 10.3 Å². The molecule has 0 aliphatic carbocycles. The van der Waals surface area contributed by atoms with E-state index in [0.717, 1.165) is 24.4 Å². The third-order valence-electron chi connectivity index (χ3n) is 3.21. The fraction of sp³-hybridized carbons (Fsp3) is 0.500. The molecule has 0 aliphatic heterocycles. The van der Waals surface area contributed by atoms with E-state index in [1.807, 2.05) is 0 Å². The molecule has 1 aromatic rings. The van der Waals surface area contributed by atoms with Gasteiger partial charge in [-0.1, -0.05) is 32.9 Å². The van der Waals surface area contributed by atoms with Gasteiger partial charge in [-0.05, 0) is 31.5 Å². The van der Waals surface area contributed by atoms with Crippen LogP contribution in [-0.4, -0.2) is 25.2 Å². The summed E-state index contributed by atoms with van der Waals surface area (Å²) in [4.78, 5) is 12.8. The lowest BCUT2D eigenvalue weighted by Crippen LogP contribution is -2.25. The van der Waals surface area contributed by atoms with Gasteiger partial charge in [0.25, 0.3) is 0 Å². The van der Waals surface area contributed by atoms with Crippen LogP contribution in [0.2, 0.25) is 0 Å². The van der Waals surface area contributed by atoms with E-state index in [2.05, 4.69) is 74.3 Å². The minimum absolute atomic E-state index is 0.132. The van der Waals surface area contributed by atoms with Crippen molar-refractivity contribution < 1.29 is 4.79 Å². The highest BCUT2D eigenvalue weighted by Crippen LogP contribution is 2.23. The smallest absolute Gasteiger partial charge is 0.227 e. The molecule has 4 heteroatoms. The van der Waals surface area contributed by atoms with E-state index >= 15 is 0 Å². The molecule has 0 spiro atoms. The first-order valence-electron chi connectivity index (χ1n) is 7.06. The van der Waals surface area contributed by atoms with Crippen molar-refractivity contribution in [3.05, 3.63) is 29.8 Å². The molecule has 110 valence electrons. The first-order chi connectivity index (χ1) is 9.43. The van der Waals surface area contributed by atoms with Crippen molar-refractivity contribution in [1.29, 1.82) is 0 Å². The second-order valence-electron chi connectivity index (χ2n) is 5.68. The van der Waals surface area contributed by atoms with E-state index in [-0.39, 0.29) is 5.41 Å². The summed E-state index contributed by atoms with van der Waals surface area (Å²) >= 11 is 0. The van der Waals surface area contributed by atoms with E-state index in [0.29, 0.717) is 6.41 Å². The number of nitrogens with one attached hydrogen (secondary N) is 1. The largest absolute Gasteiger partial charge is 0.372 e. The van der Waals surface area contributed by atoms with Crippen molar-refractivity contribution in [3.8, 4) is 0 Å². The highest BCUT2D eigenvalue weighted by atomic mass is 16.1. The minimum atomic E-state index is -0.132. The van der Waals surface area contributed by atoms with E-state index in [4.69, 9.17) is 0 Å². The average Bonchev–Trinajstić information content (AvgIpc) is 2.40. The summed E-state index contributed by atoms with van der Waals surface area (Å²) in [5, 5.41) is 4.18. The SMILES string of the molecule is CCN(CC)c1ccc(/C(=N/NC=O)C(C)(C)C)cc1. The van der Waals surface area contributed by atoms with Gasteiger partial charge in [0.1, 0.15) is 0 Å². The fourth-order valence-electron chi connectivity index (χ4n) is 2.18. The lowest BCUT2D eigenvalue weighted by molar-refractivity contribution is -0.109. The lowest BCUT2D eigenvalue weighted by atomic mass is 9.85. The second-order valence-corrected chi connectivity index (χ2v) is 5.68. The zero-order valence-corrected chi connectivity index (χ0v) is 13.1. The van der Waals surface area contributed by atoms with Crippen molar-refractivity contribution in [1.82, 2.24) is 5.43 Å². The molecule has 0 aliphatic rings. The van der Waals surface area contributed by atoms with Crippen molar-refractivity contribution >= 4 is 17.8 Å². The molecule has 1 amide bonds. The molecule has 0 bridgehead atoms. The highest BCUT2D eigenvalue weighted by Gasteiger charge is 2.21. The van der Waals surface area contributed by atoms with Gasteiger partial charge >= 0.3 is 0 Å². The topological polar surface area (TPSA) is 44.7 Å². The van der Waals surface area contributed by atoms with Crippen LogP contribution in [-0.2, 0) is 4.79 Å². The van der Waals surface area contributed by atoms with Crippen LogP contribution in [0.25, 0.3) is 0 Å². The molecular weight excluding hydrogens is 250 g/mol. The molecule has 0 fully saturated rings. The monoisotopic (exact) mass is 275 g/mol. The van der Waals surface area contributed by atoms with Crippen LogP contribution in [0.3, 0.4) is 0 Å². The summed E-state index contributed by atoms with van der Waals surface area (Å²) in [7, 11) is 0. The summed E-state index contributed by atoms with van der Waals surface area (Å²) < 4.78 is 0. The Bertz CT molecular complexity index is 454. The highest BCUT2D eigenvalue weighted by molar-refractivity contribution is 6.04. The number of hydrogen-bond donors (Lipinski definition) is 1. The molecule has 20 heavy (non-hydrogen) atoms. The molecule has 0 atom stereocenters. The number of anilines is 1. The van der Waals surface area contributed by atoms with E-state index < -0.39 is 0 Å². The van der Waals surface area contributed by atoms with Crippen LogP contribution in [0.5, 0.6) is 0 Å². The molecule has 1 rings (SSSR count). The maximum Gasteiger partial charge on any atom is 0.227 e. The molecule has 1 N–H and O–H groups in total. The number of rotatable bonds is 6. The number of amides is 1. The number of carbonyl (C=O) groups excluding carboxylic acids is 1. The third kappa shape index (κ3) is 4.08. The maximum absolute atomic E-state index is 10.5. The van der Waals surface area contributed by atoms with Crippen molar-refractivity contribution in [3.63, 3.8) is 0 Å². The number of hydrogen-bond acceptors (Lipinski definition) is 3. The summed E-state index contributed by atoms with van der Waals surface area (Å²) in [5.41, 5.74) is 5.38. The molecule has 0 heterocycles.